The molecule has 1 aromatic carbocycles. The Morgan fingerprint density at radius 1 is 1.24 bits per heavy atom. The highest BCUT2D eigenvalue weighted by molar-refractivity contribution is 5.85. The molecule has 1 aromatic heterocycles. The summed E-state index contributed by atoms with van der Waals surface area (Å²) in [6.45, 7) is 0.622. The van der Waals surface area contributed by atoms with Crippen molar-refractivity contribution < 1.29 is 4.39 Å². The Morgan fingerprint density at radius 2 is 1.88 bits per heavy atom. The molecule has 1 N–H and O–H groups in total. The first-order valence-corrected chi connectivity index (χ1v) is 4.60. The second-order valence-corrected chi connectivity index (χ2v) is 3.12. The van der Waals surface area contributed by atoms with Gasteiger partial charge in [-0.1, -0.05) is 0 Å². The van der Waals surface area contributed by atoms with E-state index in [2.05, 4.69) is 15.5 Å². The van der Waals surface area contributed by atoms with Gasteiger partial charge in [0, 0.05) is 5.69 Å². The summed E-state index contributed by atoms with van der Waals surface area (Å²) in [4.78, 5) is 0. The number of halogens is 3. The predicted molar refractivity (Wildman–Crippen MR) is 68.6 cm³/mol. The van der Waals surface area contributed by atoms with Crippen LogP contribution in [0.5, 0.6) is 0 Å². The summed E-state index contributed by atoms with van der Waals surface area (Å²) in [5.41, 5.74) is 0.853. The molecule has 2 aromatic rings. The van der Waals surface area contributed by atoms with Gasteiger partial charge < -0.3 is 5.32 Å². The van der Waals surface area contributed by atoms with Crippen LogP contribution >= 0.6 is 24.8 Å². The Hall–Kier alpha value is -1.17. The molecule has 0 radical (unpaired) electrons. The lowest BCUT2D eigenvalue weighted by molar-refractivity contribution is 0.627. The fourth-order valence-electron chi connectivity index (χ4n) is 1.35. The molecule has 0 unspecified atom stereocenters. The third kappa shape index (κ3) is 3.66. The number of rotatable bonds is 3. The van der Waals surface area contributed by atoms with Crippen molar-refractivity contribution >= 4 is 24.8 Å². The Morgan fingerprint density at radius 3 is 2.47 bits per heavy atom. The van der Waals surface area contributed by atoms with Gasteiger partial charge in [-0.3, -0.25) is 4.57 Å². The molecule has 0 aliphatic heterocycles. The van der Waals surface area contributed by atoms with E-state index in [1.165, 1.54) is 12.1 Å². The number of benzene rings is 1. The Bertz CT molecular complexity index is 444. The van der Waals surface area contributed by atoms with E-state index in [1.807, 2.05) is 11.6 Å². The summed E-state index contributed by atoms with van der Waals surface area (Å²) >= 11 is 0. The Labute approximate surface area is 111 Å². The molecule has 2 rings (SSSR count). The molecule has 0 aliphatic carbocycles. The zero-order valence-corrected chi connectivity index (χ0v) is 10.8. The normalized spacial score (nSPS) is 9.29. The SMILES string of the molecule is CNCc1nncn1-c1ccc(F)cc1.Cl.Cl. The molecule has 0 spiro atoms. The second-order valence-electron chi connectivity index (χ2n) is 3.12. The molecule has 4 nitrogen and oxygen atoms in total. The highest BCUT2D eigenvalue weighted by atomic mass is 35.5. The van der Waals surface area contributed by atoms with E-state index in [0.717, 1.165) is 11.5 Å². The summed E-state index contributed by atoms with van der Waals surface area (Å²) in [7, 11) is 1.84. The average molecular weight is 279 g/mol. The van der Waals surface area contributed by atoms with E-state index in [-0.39, 0.29) is 30.6 Å². The summed E-state index contributed by atoms with van der Waals surface area (Å²) in [6, 6.07) is 6.21. The fraction of sp³-hybridized carbons (Fsp3) is 0.200. The zero-order valence-electron chi connectivity index (χ0n) is 9.13. The van der Waals surface area contributed by atoms with Crippen molar-refractivity contribution in [3.63, 3.8) is 0 Å². The molecule has 0 fully saturated rings. The lowest BCUT2D eigenvalue weighted by atomic mass is 10.3. The first kappa shape index (κ1) is 15.8. The number of aromatic nitrogens is 3. The van der Waals surface area contributed by atoms with Gasteiger partial charge in [0.2, 0.25) is 0 Å². The Balaban J connectivity index is 0.00000128. The maximum atomic E-state index is 12.7. The van der Waals surface area contributed by atoms with Gasteiger partial charge in [0.25, 0.3) is 0 Å². The second kappa shape index (κ2) is 7.21. The van der Waals surface area contributed by atoms with Gasteiger partial charge in [-0.15, -0.1) is 35.0 Å². The number of nitrogens with one attached hydrogen (secondary N) is 1. The van der Waals surface area contributed by atoms with Crippen LogP contribution in [-0.4, -0.2) is 21.8 Å². The van der Waals surface area contributed by atoms with Crippen molar-refractivity contribution in [1.29, 1.82) is 0 Å². The molecular weight excluding hydrogens is 266 g/mol. The van der Waals surface area contributed by atoms with Gasteiger partial charge in [-0.25, -0.2) is 4.39 Å². The Kier molecular flexibility index (Phi) is 6.72. The largest absolute Gasteiger partial charge is 0.313 e. The molecule has 1 heterocycles. The van der Waals surface area contributed by atoms with E-state index in [0.29, 0.717) is 6.54 Å². The van der Waals surface area contributed by atoms with Crippen LogP contribution in [0.4, 0.5) is 4.39 Å². The monoisotopic (exact) mass is 278 g/mol. The van der Waals surface area contributed by atoms with Crippen LogP contribution in [0, 0.1) is 5.82 Å². The topological polar surface area (TPSA) is 42.7 Å². The first-order valence-electron chi connectivity index (χ1n) is 4.60. The summed E-state index contributed by atoms with van der Waals surface area (Å²) in [6.07, 6.45) is 1.61. The molecule has 7 heteroatoms. The predicted octanol–water partition coefficient (Wildman–Crippen LogP) is 1.97. The summed E-state index contributed by atoms with van der Waals surface area (Å²) in [5.74, 6) is 0.547. The third-order valence-electron chi connectivity index (χ3n) is 2.06. The highest BCUT2D eigenvalue weighted by Crippen LogP contribution is 2.10. The standard InChI is InChI=1S/C10H11FN4.2ClH/c1-12-6-10-14-13-7-15(10)9-4-2-8(11)3-5-9;;/h2-5,7,12H,6H2,1H3;2*1H. The minimum absolute atomic E-state index is 0. The summed E-state index contributed by atoms with van der Waals surface area (Å²) < 4.78 is 14.5. The van der Waals surface area contributed by atoms with Crippen molar-refractivity contribution in [2.24, 2.45) is 0 Å². The minimum Gasteiger partial charge on any atom is -0.313 e. The minimum atomic E-state index is -0.248. The molecule has 0 saturated heterocycles. The van der Waals surface area contributed by atoms with Crippen LogP contribution in [0.25, 0.3) is 5.69 Å². The van der Waals surface area contributed by atoms with E-state index < -0.39 is 0 Å². The van der Waals surface area contributed by atoms with Crippen molar-refractivity contribution in [2.45, 2.75) is 6.54 Å². The quantitative estimate of drug-likeness (QED) is 0.934. The van der Waals surface area contributed by atoms with Crippen LogP contribution in [-0.2, 0) is 6.54 Å². The first-order chi connectivity index (χ1) is 7.31. The molecule has 0 amide bonds. The van der Waals surface area contributed by atoms with Crippen LogP contribution in [0.1, 0.15) is 5.82 Å². The molecule has 0 atom stereocenters. The van der Waals surface area contributed by atoms with E-state index in [9.17, 15) is 4.39 Å². The van der Waals surface area contributed by atoms with Crippen molar-refractivity contribution in [3.05, 3.63) is 42.2 Å². The van der Waals surface area contributed by atoms with Crippen molar-refractivity contribution in [3.8, 4) is 5.69 Å². The maximum absolute atomic E-state index is 12.7. The summed E-state index contributed by atoms with van der Waals surface area (Å²) in [5, 5.41) is 10.8. The van der Waals surface area contributed by atoms with Gasteiger partial charge in [0.05, 0.1) is 6.54 Å². The molecule has 17 heavy (non-hydrogen) atoms. The van der Waals surface area contributed by atoms with Crippen LogP contribution in [0.2, 0.25) is 0 Å². The fourth-order valence-corrected chi connectivity index (χ4v) is 1.35. The molecule has 0 saturated carbocycles. The van der Waals surface area contributed by atoms with E-state index >= 15 is 0 Å². The maximum Gasteiger partial charge on any atom is 0.151 e. The molecular formula is C10H13Cl2FN4. The van der Waals surface area contributed by atoms with Crippen LogP contribution in [0.15, 0.2) is 30.6 Å². The third-order valence-corrected chi connectivity index (χ3v) is 2.06. The van der Waals surface area contributed by atoms with E-state index in [4.69, 9.17) is 0 Å². The number of hydrogen-bond donors (Lipinski definition) is 1. The van der Waals surface area contributed by atoms with Crippen LogP contribution < -0.4 is 5.32 Å². The van der Waals surface area contributed by atoms with Crippen LogP contribution in [0.3, 0.4) is 0 Å². The molecule has 94 valence electrons. The zero-order chi connectivity index (χ0) is 10.7. The lowest BCUT2D eigenvalue weighted by Crippen LogP contribution is -2.11. The van der Waals surface area contributed by atoms with E-state index in [1.54, 1.807) is 18.5 Å². The van der Waals surface area contributed by atoms with Gasteiger partial charge in [0.1, 0.15) is 12.1 Å². The van der Waals surface area contributed by atoms with Gasteiger partial charge >= 0.3 is 0 Å². The highest BCUT2D eigenvalue weighted by Gasteiger charge is 2.04. The average Bonchev–Trinajstić information content (AvgIpc) is 2.68. The smallest absolute Gasteiger partial charge is 0.151 e. The number of nitrogens with zero attached hydrogens (tertiary/aromatic N) is 3. The van der Waals surface area contributed by atoms with Crippen molar-refractivity contribution in [2.75, 3.05) is 7.05 Å². The molecule has 0 bridgehead atoms. The molecule has 0 aliphatic rings. The van der Waals surface area contributed by atoms with Crippen molar-refractivity contribution in [1.82, 2.24) is 20.1 Å². The number of hydrogen-bond acceptors (Lipinski definition) is 3. The van der Waals surface area contributed by atoms with Gasteiger partial charge in [-0.2, -0.15) is 0 Å². The van der Waals surface area contributed by atoms with Gasteiger partial charge in [-0.05, 0) is 31.3 Å². The lowest BCUT2D eigenvalue weighted by Gasteiger charge is -2.05. The van der Waals surface area contributed by atoms with Gasteiger partial charge in [0.15, 0.2) is 5.82 Å².